The molecule has 0 aromatic heterocycles. The van der Waals surface area contributed by atoms with Gasteiger partial charge in [-0.15, -0.1) is 0 Å². The van der Waals surface area contributed by atoms with E-state index in [1.165, 1.54) is 33.7 Å². The fraction of sp³-hybridized carbons (Fsp3) is 0.647. The van der Waals surface area contributed by atoms with Gasteiger partial charge in [0.1, 0.15) is 0 Å². The zero-order valence-corrected chi connectivity index (χ0v) is 15.8. The molecule has 1 aliphatic heterocycles. The molecule has 0 radical (unpaired) electrons. The van der Waals surface area contributed by atoms with Crippen molar-refractivity contribution in [3.8, 4) is 0 Å². The highest BCUT2D eigenvalue weighted by Gasteiger charge is 2.19. The van der Waals surface area contributed by atoms with Crippen LogP contribution >= 0.6 is 27.7 Å². The molecule has 0 bridgehead atoms. The number of thioether (sulfide) groups is 1. The second-order valence-corrected chi connectivity index (χ2v) is 8.35. The Bertz CT molecular complexity index is 450. The Labute approximate surface area is 142 Å². The van der Waals surface area contributed by atoms with Gasteiger partial charge in [0, 0.05) is 41.7 Å². The van der Waals surface area contributed by atoms with Crippen molar-refractivity contribution in [1.29, 1.82) is 0 Å². The molecule has 1 unspecified atom stereocenters. The molecular formula is C17H27BrN2S. The van der Waals surface area contributed by atoms with Crippen LogP contribution in [0.2, 0.25) is 0 Å². The smallest absolute Gasteiger partial charge is 0.0248 e. The highest BCUT2D eigenvalue weighted by molar-refractivity contribution is 9.10. The van der Waals surface area contributed by atoms with Crippen LogP contribution in [0, 0.1) is 5.92 Å². The Hall–Kier alpha value is -0.0300. The van der Waals surface area contributed by atoms with E-state index in [1.807, 2.05) is 0 Å². The summed E-state index contributed by atoms with van der Waals surface area (Å²) >= 11 is 5.83. The molecule has 1 N–H and O–H groups in total. The summed E-state index contributed by atoms with van der Waals surface area (Å²) < 4.78 is 1.25. The first-order valence-electron chi connectivity index (χ1n) is 7.86. The highest BCUT2D eigenvalue weighted by atomic mass is 79.9. The van der Waals surface area contributed by atoms with Crippen molar-refractivity contribution in [3.05, 3.63) is 33.8 Å². The normalized spacial score (nSPS) is 20.1. The average molecular weight is 371 g/mol. The van der Waals surface area contributed by atoms with Gasteiger partial charge < -0.3 is 5.32 Å². The number of hydrogen-bond donors (Lipinski definition) is 1. The SMILES string of the molecule is CC(C)CNCc1ccc(CN2CCSCC2C)c(Br)c1. The summed E-state index contributed by atoms with van der Waals surface area (Å²) in [7, 11) is 0. The van der Waals surface area contributed by atoms with E-state index in [9.17, 15) is 0 Å². The second kappa shape index (κ2) is 8.56. The van der Waals surface area contributed by atoms with E-state index >= 15 is 0 Å². The fourth-order valence-electron chi connectivity index (χ4n) is 2.55. The molecule has 1 fully saturated rings. The molecule has 1 atom stereocenters. The molecule has 1 saturated heterocycles. The van der Waals surface area contributed by atoms with Crippen molar-refractivity contribution in [3.63, 3.8) is 0 Å². The van der Waals surface area contributed by atoms with Crippen LogP contribution in [-0.4, -0.2) is 35.5 Å². The zero-order chi connectivity index (χ0) is 15.2. The van der Waals surface area contributed by atoms with E-state index in [2.05, 4.69) is 76.9 Å². The molecule has 0 aliphatic carbocycles. The molecular weight excluding hydrogens is 344 g/mol. The lowest BCUT2D eigenvalue weighted by atomic mass is 10.1. The number of rotatable bonds is 6. The summed E-state index contributed by atoms with van der Waals surface area (Å²) in [4.78, 5) is 2.59. The molecule has 1 aliphatic rings. The molecule has 21 heavy (non-hydrogen) atoms. The van der Waals surface area contributed by atoms with E-state index < -0.39 is 0 Å². The van der Waals surface area contributed by atoms with E-state index in [4.69, 9.17) is 0 Å². The lowest BCUT2D eigenvalue weighted by molar-refractivity contribution is 0.223. The molecule has 2 nitrogen and oxygen atoms in total. The third-order valence-electron chi connectivity index (χ3n) is 3.88. The predicted molar refractivity (Wildman–Crippen MR) is 97.9 cm³/mol. The second-order valence-electron chi connectivity index (χ2n) is 6.34. The summed E-state index contributed by atoms with van der Waals surface area (Å²) in [6.45, 7) is 11.1. The number of nitrogens with one attached hydrogen (secondary N) is 1. The third-order valence-corrected chi connectivity index (χ3v) is 5.81. The minimum Gasteiger partial charge on any atom is -0.312 e. The largest absolute Gasteiger partial charge is 0.312 e. The average Bonchev–Trinajstić information content (AvgIpc) is 2.43. The Morgan fingerprint density at radius 3 is 2.90 bits per heavy atom. The first-order chi connectivity index (χ1) is 10.1. The van der Waals surface area contributed by atoms with Crippen molar-refractivity contribution in [1.82, 2.24) is 10.2 Å². The molecule has 1 aromatic carbocycles. The van der Waals surface area contributed by atoms with Gasteiger partial charge >= 0.3 is 0 Å². The van der Waals surface area contributed by atoms with Crippen LogP contribution in [0.5, 0.6) is 0 Å². The summed E-state index contributed by atoms with van der Waals surface area (Å²) in [5, 5.41) is 3.50. The van der Waals surface area contributed by atoms with Crippen molar-refractivity contribution in [2.45, 2.75) is 39.9 Å². The van der Waals surface area contributed by atoms with Gasteiger partial charge in [-0.05, 0) is 36.6 Å². The molecule has 1 aromatic rings. The standard InChI is InChI=1S/C17H27BrN2S/c1-13(2)9-19-10-15-4-5-16(17(18)8-15)11-20-6-7-21-12-14(20)3/h4-5,8,13-14,19H,6-7,9-12H2,1-3H3. The zero-order valence-electron chi connectivity index (χ0n) is 13.4. The highest BCUT2D eigenvalue weighted by Crippen LogP contribution is 2.24. The van der Waals surface area contributed by atoms with Gasteiger partial charge in [0.15, 0.2) is 0 Å². The summed E-state index contributed by atoms with van der Waals surface area (Å²) in [5.41, 5.74) is 2.76. The first kappa shape index (κ1) is 17.3. The molecule has 2 rings (SSSR count). The molecule has 1 heterocycles. The Kier molecular flexibility index (Phi) is 7.06. The Morgan fingerprint density at radius 2 is 2.24 bits per heavy atom. The summed E-state index contributed by atoms with van der Waals surface area (Å²) in [5.74, 6) is 3.22. The monoisotopic (exact) mass is 370 g/mol. The Balaban J connectivity index is 1.92. The predicted octanol–water partition coefficient (Wildman–Crippen LogP) is 4.13. The minimum absolute atomic E-state index is 0.683. The van der Waals surface area contributed by atoms with Crippen LogP contribution < -0.4 is 5.32 Å². The van der Waals surface area contributed by atoms with Crippen LogP contribution in [0.4, 0.5) is 0 Å². The molecule has 0 amide bonds. The molecule has 118 valence electrons. The lowest BCUT2D eigenvalue weighted by Crippen LogP contribution is -2.39. The molecule has 4 heteroatoms. The Morgan fingerprint density at radius 1 is 1.43 bits per heavy atom. The summed E-state index contributed by atoms with van der Waals surface area (Å²) in [6.07, 6.45) is 0. The van der Waals surface area contributed by atoms with Crippen LogP contribution in [0.3, 0.4) is 0 Å². The van der Waals surface area contributed by atoms with Crippen molar-refractivity contribution < 1.29 is 0 Å². The van der Waals surface area contributed by atoms with E-state index in [1.54, 1.807) is 0 Å². The molecule has 0 spiro atoms. The minimum atomic E-state index is 0.683. The van der Waals surface area contributed by atoms with E-state index in [-0.39, 0.29) is 0 Å². The van der Waals surface area contributed by atoms with E-state index in [0.717, 1.165) is 19.6 Å². The maximum absolute atomic E-state index is 3.76. The fourth-order valence-corrected chi connectivity index (χ4v) is 4.18. The number of hydrogen-bond acceptors (Lipinski definition) is 3. The molecule has 0 saturated carbocycles. The third kappa shape index (κ3) is 5.59. The van der Waals surface area contributed by atoms with Gasteiger partial charge in [-0.25, -0.2) is 0 Å². The van der Waals surface area contributed by atoms with Gasteiger partial charge in [0.25, 0.3) is 0 Å². The maximum atomic E-state index is 3.76. The van der Waals surface area contributed by atoms with Crippen LogP contribution in [0.1, 0.15) is 31.9 Å². The summed E-state index contributed by atoms with van der Waals surface area (Å²) in [6, 6.07) is 7.50. The van der Waals surface area contributed by atoms with Gasteiger partial charge in [-0.2, -0.15) is 11.8 Å². The van der Waals surface area contributed by atoms with Crippen molar-refractivity contribution in [2.24, 2.45) is 5.92 Å². The quantitative estimate of drug-likeness (QED) is 0.809. The van der Waals surface area contributed by atoms with Crippen LogP contribution in [0.15, 0.2) is 22.7 Å². The van der Waals surface area contributed by atoms with E-state index in [0.29, 0.717) is 12.0 Å². The number of benzene rings is 1. The number of halogens is 1. The van der Waals surface area contributed by atoms with Gasteiger partial charge in [-0.1, -0.05) is 41.9 Å². The number of nitrogens with zero attached hydrogens (tertiary/aromatic N) is 1. The first-order valence-corrected chi connectivity index (χ1v) is 9.81. The topological polar surface area (TPSA) is 15.3 Å². The maximum Gasteiger partial charge on any atom is 0.0248 e. The van der Waals surface area contributed by atoms with Gasteiger partial charge in [0.2, 0.25) is 0 Å². The van der Waals surface area contributed by atoms with Gasteiger partial charge in [0.05, 0.1) is 0 Å². The van der Waals surface area contributed by atoms with Crippen LogP contribution in [-0.2, 0) is 13.1 Å². The van der Waals surface area contributed by atoms with Crippen molar-refractivity contribution in [2.75, 3.05) is 24.6 Å². The lowest BCUT2D eigenvalue weighted by Gasteiger charge is -2.33. The van der Waals surface area contributed by atoms with Crippen LogP contribution in [0.25, 0.3) is 0 Å². The van der Waals surface area contributed by atoms with Crippen molar-refractivity contribution >= 4 is 27.7 Å². The van der Waals surface area contributed by atoms with Gasteiger partial charge in [-0.3, -0.25) is 4.90 Å².